The van der Waals surface area contributed by atoms with Gasteiger partial charge in [-0.25, -0.2) is 0 Å². The standard InChI is InChI=1S/C14H16F3N3/c1-9-6-10(2)20(19-9)8-13(18)11-4-3-5-12(7-11)14(15,16)17/h3-7,13H,8,18H2,1-2H3. The molecular weight excluding hydrogens is 267 g/mol. The summed E-state index contributed by atoms with van der Waals surface area (Å²) in [5.74, 6) is 0. The van der Waals surface area contributed by atoms with Crippen molar-refractivity contribution in [1.82, 2.24) is 9.78 Å². The highest BCUT2D eigenvalue weighted by molar-refractivity contribution is 5.27. The van der Waals surface area contributed by atoms with Crippen molar-refractivity contribution < 1.29 is 13.2 Å². The summed E-state index contributed by atoms with van der Waals surface area (Å²) in [6, 6.07) is 6.48. The van der Waals surface area contributed by atoms with Gasteiger partial charge in [0.05, 0.1) is 17.8 Å². The van der Waals surface area contributed by atoms with Gasteiger partial charge in [0.2, 0.25) is 0 Å². The molecular formula is C14H16F3N3. The van der Waals surface area contributed by atoms with E-state index in [1.54, 1.807) is 10.7 Å². The van der Waals surface area contributed by atoms with E-state index in [4.69, 9.17) is 5.73 Å². The maximum absolute atomic E-state index is 12.7. The van der Waals surface area contributed by atoms with Gasteiger partial charge >= 0.3 is 6.18 Å². The number of hydrogen-bond donors (Lipinski definition) is 1. The molecule has 1 aromatic heterocycles. The maximum Gasteiger partial charge on any atom is 0.416 e. The molecule has 1 atom stereocenters. The highest BCUT2D eigenvalue weighted by Gasteiger charge is 2.30. The fourth-order valence-electron chi connectivity index (χ4n) is 2.10. The molecule has 1 aromatic carbocycles. The van der Waals surface area contributed by atoms with Gasteiger partial charge in [-0.15, -0.1) is 0 Å². The van der Waals surface area contributed by atoms with E-state index in [2.05, 4.69) is 5.10 Å². The second kappa shape index (κ2) is 5.28. The highest BCUT2D eigenvalue weighted by atomic mass is 19.4. The van der Waals surface area contributed by atoms with Crippen LogP contribution in [0.3, 0.4) is 0 Å². The Morgan fingerprint density at radius 3 is 2.50 bits per heavy atom. The van der Waals surface area contributed by atoms with Crippen LogP contribution in [0.25, 0.3) is 0 Å². The fraction of sp³-hybridized carbons (Fsp3) is 0.357. The van der Waals surface area contributed by atoms with Crippen LogP contribution in [-0.4, -0.2) is 9.78 Å². The summed E-state index contributed by atoms with van der Waals surface area (Å²) in [6.45, 7) is 4.10. The van der Waals surface area contributed by atoms with Gasteiger partial charge in [0.15, 0.2) is 0 Å². The van der Waals surface area contributed by atoms with Gasteiger partial charge in [0.25, 0.3) is 0 Å². The Morgan fingerprint density at radius 2 is 1.95 bits per heavy atom. The third-order valence-corrected chi connectivity index (χ3v) is 3.12. The lowest BCUT2D eigenvalue weighted by Crippen LogP contribution is -2.20. The summed E-state index contributed by atoms with van der Waals surface area (Å²) in [5, 5.41) is 4.26. The normalized spacial score (nSPS) is 13.5. The third-order valence-electron chi connectivity index (χ3n) is 3.12. The molecule has 2 aromatic rings. The Labute approximate surface area is 115 Å². The number of nitrogens with zero attached hydrogens (tertiary/aromatic N) is 2. The number of alkyl halides is 3. The molecule has 0 radical (unpaired) electrons. The molecule has 0 amide bonds. The topological polar surface area (TPSA) is 43.8 Å². The van der Waals surface area contributed by atoms with E-state index in [-0.39, 0.29) is 0 Å². The van der Waals surface area contributed by atoms with Gasteiger partial charge in [0.1, 0.15) is 0 Å². The average Bonchev–Trinajstić information content (AvgIpc) is 2.67. The maximum atomic E-state index is 12.7. The van der Waals surface area contributed by atoms with Crippen LogP contribution in [0.15, 0.2) is 30.3 Å². The minimum atomic E-state index is -4.35. The van der Waals surface area contributed by atoms with E-state index in [9.17, 15) is 13.2 Å². The largest absolute Gasteiger partial charge is 0.416 e. The average molecular weight is 283 g/mol. The van der Waals surface area contributed by atoms with Crippen molar-refractivity contribution in [1.29, 1.82) is 0 Å². The summed E-state index contributed by atoms with van der Waals surface area (Å²) < 4.78 is 39.7. The minimum absolute atomic E-state index is 0.348. The van der Waals surface area contributed by atoms with Crippen molar-refractivity contribution in [3.8, 4) is 0 Å². The predicted molar refractivity (Wildman–Crippen MR) is 70.1 cm³/mol. The predicted octanol–water partition coefficient (Wildman–Crippen LogP) is 3.22. The van der Waals surface area contributed by atoms with E-state index in [1.807, 2.05) is 19.9 Å². The van der Waals surface area contributed by atoms with Crippen molar-refractivity contribution in [3.63, 3.8) is 0 Å². The van der Waals surface area contributed by atoms with Crippen LogP contribution in [0.5, 0.6) is 0 Å². The lowest BCUT2D eigenvalue weighted by molar-refractivity contribution is -0.137. The number of hydrogen-bond acceptors (Lipinski definition) is 2. The number of aryl methyl sites for hydroxylation is 2. The van der Waals surface area contributed by atoms with Gasteiger partial charge < -0.3 is 5.73 Å². The molecule has 2 N–H and O–H groups in total. The number of nitrogens with two attached hydrogens (primary N) is 1. The Kier molecular flexibility index (Phi) is 3.85. The molecule has 2 rings (SSSR count). The molecule has 0 aliphatic rings. The molecule has 1 unspecified atom stereocenters. The van der Waals surface area contributed by atoms with Crippen LogP contribution in [0.4, 0.5) is 13.2 Å². The van der Waals surface area contributed by atoms with E-state index in [0.29, 0.717) is 12.1 Å². The Balaban J connectivity index is 2.21. The van der Waals surface area contributed by atoms with Crippen LogP contribution in [0, 0.1) is 13.8 Å². The summed E-state index contributed by atoms with van der Waals surface area (Å²) >= 11 is 0. The van der Waals surface area contributed by atoms with Crippen molar-refractivity contribution >= 4 is 0 Å². The molecule has 0 bridgehead atoms. The first kappa shape index (κ1) is 14.6. The zero-order valence-electron chi connectivity index (χ0n) is 11.3. The molecule has 0 saturated carbocycles. The second-order valence-corrected chi connectivity index (χ2v) is 4.84. The molecule has 1 heterocycles. The molecule has 108 valence electrons. The van der Waals surface area contributed by atoms with E-state index in [0.717, 1.165) is 23.5 Å². The second-order valence-electron chi connectivity index (χ2n) is 4.84. The van der Waals surface area contributed by atoms with Gasteiger partial charge in [-0.05, 0) is 37.6 Å². The number of aromatic nitrogens is 2. The van der Waals surface area contributed by atoms with Crippen molar-refractivity contribution in [2.75, 3.05) is 0 Å². The Morgan fingerprint density at radius 1 is 1.25 bits per heavy atom. The van der Waals surface area contributed by atoms with Crippen LogP contribution < -0.4 is 5.73 Å². The Hall–Kier alpha value is -1.82. The third kappa shape index (κ3) is 3.19. The quantitative estimate of drug-likeness (QED) is 0.940. The fourth-order valence-corrected chi connectivity index (χ4v) is 2.10. The van der Waals surface area contributed by atoms with E-state index < -0.39 is 17.8 Å². The minimum Gasteiger partial charge on any atom is -0.322 e. The van der Waals surface area contributed by atoms with E-state index >= 15 is 0 Å². The number of rotatable bonds is 3. The zero-order valence-corrected chi connectivity index (χ0v) is 11.3. The van der Waals surface area contributed by atoms with Crippen molar-refractivity contribution in [3.05, 3.63) is 52.8 Å². The first-order chi connectivity index (χ1) is 9.27. The molecule has 6 heteroatoms. The summed E-state index contributed by atoms with van der Waals surface area (Å²) in [7, 11) is 0. The van der Waals surface area contributed by atoms with Gasteiger partial charge in [-0.2, -0.15) is 18.3 Å². The summed E-state index contributed by atoms with van der Waals surface area (Å²) in [6.07, 6.45) is -4.35. The van der Waals surface area contributed by atoms with Crippen LogP contribution in [0.1, 0.15) is 28.6 Å². The van der Waals surface area contributed by atoms with Gasteiger partial charge in [0, 0.05) is 11.7 Å². The molecule has 0 aliphatic heterocycles. The molecule has 0 fully saturated rings. The monoisotopic (exact) mass is 283 g/mol. The number of halogens is 3. The van der Waals surface area contributed by atoms with Crippen LogP contribution >= 0.6 is 0 Å². The lowest BCUT2D eigenvalue weighted by atomic mass is 10.0. The molecule has 0 aliphatic carbocycles. The zero-order chi connectivity index (χ0) is 14.9. The summed E-state index contributed by atoms with van der Waals surface area (Å²) in [5.41, 5.74) is 7.55. The highest BCUT2D eigenvalue weighted by Crippen LogP contribution is 2.30. The van der Waals surface area contributed by atoms with Crippen molar-refractivity contribution in [2.24, 2.45) is 5.73 Å². The lowest BCUT2D eigenvalue weighted by Gasteiger charge is -2.15. The molecule has 0 spiro atoms. The smallest absolute Gasteiger partial charge is 0.322 e. The first-order valence-corrected chi connectivity index (χ1v) is 6.21. The van der Waals surface area contributed by atoms with Crippen LogP contribution in [0.2, 0.25) is 0 Å². The molecule has 3 nitrogen and oxygen atoms in total. The van der Waals surface area contributed by atoms with Gasteiger partial charge in [-0.3, -0.25) is 4.68 Å². The Bertz CT molecular complexity index is 602. The molecule has 0 saturated heterocycles. The van der Waals surface area contributed by atoms with Crippen molar-refractivity contribution in [2.45, 2.75) is 32.6 Å². The molecule has 20 heavy (non-hydrogen) atoms. The van der Waals surface area contributed by atoms with Gasteiger partial charge in [-0.1, -0.05) is 12.1 Å². The number of benzene rings is 1. The first-order valence-electron chi connectivity index (χ1n) is 6.21. The summed E-state index contributed by atoms with van der Waals surface area (Å²) in [4.78, 5) is 0. The van der Waals surface area contributed by atoms with E-state index in [1.165, 1.54) is 6.07 Å². The SMILES string of the molecule is Cc1cc(C)n(CC(N)c2cccc(C(F)(F)F)c2)n1. The van der Waals surface area contributed by atoms with Crippen LogP contribution in [-0.2, 0) is 12.7 Å².